The maximum atomic E-state index is 11.6. The lowest BCUT2D eigenvalue weighted by molar-refractivity contribution is -0.116. The summed E-state index contributed by atoms with van der Waals surface area (Å²) in [5.41, 5.74) is 0.839. The van der Waals surface area contributed by atoms with Gasteiger partial charge in [-0.15, -0.1) is 0 Å². The first-order chi connectivity index (χ1) is 8.75. The van der Waals surface area contributed by atoms with Gasteiger partial charge in [0.05, 0.1) is 6.10 Å². The van der Waals surface area contributed by atoms with E-state index in [-0.39, 0.29) is 12.0 Å². The molecule has 1 saturated heterocycles. The quantitative estimate of drug-likeness (QED) is 0.850. The van der Waals surface area contributed by atoms with E-state index in [1.165, 1.54) is 6.08 Å². The van der Waals surface area contributed by atoms with Gasteiger partial charge in [-0.2, -0.15) is 0 Å². The van der Waals surface area contributed by atoms with Crippen molar-refractivity contribution < 1.29 is 9.53 Å². The topological polar surface area (TPSA) is 38.3 Å². The molecule has 2 rings (SSSR count). The number of hydrogen-bond donors (Lipinski definition) is 1. The summed E-state index contributed by atoms with van der Waals surface area (Å²) in [6.45, 7) is 1.38. The predicted molar refractivity (Wildman–Crippen MR) is 72.5 cm³/mol. The smallest absolute Gasteiger partial charge is 0.244 e. The van der Waals surface area contributed by atoms with E-state index in [4.69, 9.17) is 16.3 Å². The molecule has 0 spiro atoms. The fraction of sp³-hybridized carbons (Fsp3) is 0.357. The van der Waals surface area contributed by atoms with Crippen LogP contribution in [0.3, 0.4) is 0 Å². The van der Waals surface area contributed by atoms with Crippen LogP contribution in [-0.2, 0) is 9.53 Å². The zero-order chi connectivity index (χ0) is 12.8. The Kier molecular flexibility index (Phi) is 4.79. The lowest BCUT2D eigenvalue weighted by Crippen LogP contribution is -2.30. The first-order valence-electron chi connectivity index (χ1n) is 6.08. The van der Waals surface area contributed by atoms with E-state index >= 15 is 0 Å². The average Bonchev–Trinajstić information content (AvgIpc) is 2.88. The molecule has 96 valence electrons. The minimum atomic E-state index is -0.120. The highest BCUT2D eigenvalue weighted by atomic mass is 35.5. The van der Waals surface area contributed by atoms with Crippen molar-refractivity contribution in [3.8, 4) is 0 Å². The van der Waals surface area contributed by atoms with E-state index in [1.54, 1.807) is 12.1 Å². The van der Waals surface area contributed by atoms with Gasteiger partial charge in [0.15, 0.2) is 0 Å². The molecule has 0 radical (unpaired) electrons. The van der Waals surface area contributed by atoms with Gasteiger partial charge in [0.1, 0.15) is 0 Å². The molecule has 0 saturated carbocycles. The zero-order valence-corrected chi connectivity index (χ0v) is 10.8. The van der Waals surface area contributed by atoms with Gasteiger partial charge >= 0.3 is 0 Å². The van der Waals surface area contributed by atoms with Crippen molar-refractivity contribution in [1.82, 2.24) is 5.32 Å². The van der Waals surface area contributed by atoms with Gasteiger partial charge in [0, 0.05) is 24.3 Å². The largest absolute Gasteiger partial charge is 0.376 e. The maximum absolute atomic E-state index is 11.6. The molecule has 1 amide bonds. The van der Waals surface area contributed by atoms with E-state index < -0.39 is 0 Å². The second-order valence-electron chi connectivity index (χ2n) is 4.24. The normalized spacial score (nSPS) is 19.3. The Morgan fingerprint density at radius 3 is 3.06 bits per heavy atom. The predicted octanol–water partition coefficient (Wildman–Crippen LogP) is 2.65. The van der Waals surface area contributed by atoms with Crippen LogP contribution in [0.2, 0.25) is 5.02 Å². The molecular weight excluding hydrogens is 250 g/mol. The molecule has 1 aromatic rings. The molecule has 1 N–H and O–H groups in total. The van der Waals surface area contributed by atoms with E-state index in [2.05, 4.69) is 5.32 Å². The third kappa shape index (κ3) is 3.86. The van der Waals surface area contributed by atoms with Crippen LogP contribution in [0.4, 0.5) is 0 Å². The van der Waals surface area contributed by atoms with Gasteiger partial charge < -0.3 is 10.1 Å². The number of rotatable bonds is 4. The molecule has 1 fully saturated rings. The molecule has 18 heavy (non-hydrogen) atoms. The molecule has 1 aromatic carbocycles. The summed E-state index contributed by atoms with van der Waals surface area (Å²) in [5, 5.41) is 3.46. The molecular formula is C14H16ClNO2. The maximum Gasteiger partial charge on any atom is 0.244 e. The second-order valence-corrected chi connectivity index (χ2v) is 4.64. The standard InChI is InChI=1S/C14H16ClNO2/c15-13-6-2-1-4-11(13)7-8-14(17)16-10-12-5-3-9-18-12/h1-2,4,6-8,12H,3,5,9-10H2,(H,16,17)/b8-7+/t12-/m1/s1. The molecule has 0 bridgehead atoms. The van der Waals surface area contributed by atoms with Crippen molar-refractivity contribution in [3.05, 3.63) is 40.9 Å². The van der Waals surface area contributed by atoms with Crippen LogP contribution < -0.4 is 5.32 Å². The zero-order valence-electron chi connectivity index (χ0n) is 10.1. The third-order valence-corrected chi connectivity index (χ3v) is 3.19. The number of halogens is 1. The highest BCUT2D eigenvalue weighted by molar-refractivity contribution is 6.32. The fourth-order valence-electron chi connectivity index (χ4n) is 1.85. The van der Waals surface area contributed by atoms with E-state index in [1.807, 2.05) is 18.2 Å². The number of carbonyl (C=O) groups is 1. The molecule has 1 aliphatic rings. The molecule has 0 unspecified atom stereocenters. The summed E-state index contributed by atoms with van der Waals surface area (Å²) < 4.78 is 5.43. The Balaban J connectivity index is 1.81. The van der Waals surface area contributed by atoms with Crippen LogP contribution in [0.25, 0.3) is 6.08 Å². The van der Waals surface area contributed by atoms with Crippen molar-refractivity contribution in [3.63, 3.8) is 0 Å². The van der Waals surface area contributed by atoms with E-state index in [9.17, 15) is 4.79 Å². The minimum absolute atomic E-state index is 0.120. The SMILES string of the molecule is O=C(/C=C/c1ccccc1Cl)NC[C@H]1CCCO1. The summed E-state index contributed by atoms with van der Waals surface area (Å²) in [6, 6.07) is 7.41. The van der Waals surface area contributed by atoms with Crippen LogP contribution in [0.1, 0.15) is 18.4 Å². The molecule has 4 heteroatoms. The molecule has 0 aromatic heterocycles. The Hall–Kier alpha value is -1.32. The Labute approximate surface area is 112 Å². The average molecular weight is 266 g/mol. The van der Waals surface area contributed by atoms with Gasteiger partial charge in [-0.05, 0) is 30.5 Å². The van der Waals surface area contributed by atoms with Gasteiger partial charge in [0.25, 0.3) is 0 Å². The number of amides is 1. The number of ether oxygens (including phenoxy) is 1. The Bertz CT molecular complexity index is 439. The van der Waals surface area contributed by atoms with Crippen LogP contribution in [0.5, 0.6) is 0 Å². The molecule has 0 aliphatic carbocycles. The molecule has 1 aliphatic heterocycles. The Morgan fingerprint density at radius 1 is 1.50 bits per heavy atom. The lowest BCUT2D eigenvalue weighted by Gasteiger charge is -2.08. The Morgan fingerprint density at radius 2 is 2.33 bits per heavy atom. The summed E-state index contributed by atoms with van der Waals surface area (Å²) in [4.78, 5) is 11.6. The summed E-state index contributed by atoms with van der Waals surface area (Å²) in [6.07, 6.45) is 5.48. The van der Waals surface area contributed by atoms with Crippen LogP contribution in [-0.4, -0.2) is 25.2 Å². The van der Waals surface area contributed by atoms with Gasteiger partial charge in [-0.25, -0.2) is 0 Å². The highest BCUT2D eigenvalue weighted by Gasteiger charge is 2.15. The number of hydrogen-bond acceptors (Lipinski definition) is 2. The third-order valence-electron chi connectivity index (χ3n) is 2.85. The molecule has 1 atom stereocenters. The highest BCUT2D eigenvalue weighted by Crippen LogP contribution is 2.16. The van der Waals surface area contributed by atoms with Crippen LogP contribution in [0.15, 0.2) is 30.3 Å². The van der Waals surface area contributed by atoms with Gasteiger partial charge in [-0.3, -0.25) is 4.79 Å². The summed E-state index contributed by atoms with van der Waals surface area (Å²) in [7, 11) is 0. The van der Waals surface area contributed by atoms with Crippen molar-refractivity contribution in [2.24, 2.45) is 0 Å². The molecule has 1 heterocycles. The summed E-state index contributed by atoms with van der Waals surface area (Å²) in [5.74, 6) is -0.120. The minimum Gasteiger partial charge on any atom is -0.376 e. The fourth-order valence-corrected chi connectivity index (χ4v) is 2.05. The van der Waals surface area contributed by atoms with Gasteiger partial charge in [-0.1, -0.05) is 29.8 Å². The van der Waals surface area contributed by atoms with Crippen molar-refractivity contribution in [2.45, 2.75) is 18.9 Å². The van der Waals surface area contributed by atoms with E-state index in [0.717, 1.165) is 25.0 Å². The van der Waals surface area contributed by atoms with Crippen molar-refractivity contribution in [1.29, 1.82) is 0 Å². The second kappa shape index (κ2) is 6.57. The first kappa shape index (κ1) is 13.1. The number of carbonyl (C=O) groups excluding carboxylic acids is 1. The lowest BCUT2D eigenvalue weighted by atomic mass is 10.2. The molecule has 3 nitrogen and oxygen atoms in total. The van der Waals surface area contributed by atoms with Crippen molar-refractivity contribution in [2.75, 3.05) is 13.2 Å². The van der Waals surface area contributed by atoms with Crippen molar-refractivity contribution >= 4 is 23.6 Å². The van der Waals surface area contributed by atoms with E-state index in [0.29, 0.717) is 11.6 Å². The first-order valence-corrected chi connectivity index (χ1v) is 6.45. The summed E-state index contributed by atoms with van der Waals surface area (Å²) >= 11 is 5.99. The monoisotopic (exact) mass is 265 g/mol. The van der Waals surface area contributed by atoms with Gasteiger partial charge in [0.2, 0.25) is 5.91 Å². The van der Waals surface area contributed by atoms with Crippen LogP contribution in [0, 0.1) is 0 Å². The number of nitrogens with one attached hydrogen (secondary N) is 1. The van der Waals surface area contributed by atoms with Crippen LogP contribution >= 0.6 is 11.6 Å². The number of benzene rings is 1.